The minimum Gasteiger partial charge on any atom is -0.389 e. The molecule has 1 aliphatic rings. The van der Waals surface area contributed by atoms with E-state index >= 15 is 0 Å². The monoisotopic (exact) mass is 205 g/mol. The molecule has 0 bridgehead atoms. The zero-order chi connectivity index (χ0) is 10.7. The van der Waals surface area contributed by atoms with Crippen LogP contribution < -0.4 is 0 Å². The molecule has 0 aromatic heterocycles. The largest absolute Gasteiger partial charge is 0.389 e. The minimum atomic E-state index is -0.421. The average Bonchev–Trinajstić information content (AvgIpc) is 2.78. The van der Waals surface area contributed by atoms with Gasteiger partial charge in [0.1, 0.15) is 0 Å². The van der Waals surface area contributed by atoms with E-state index in [1.165, 1.54) is 0 Å². The summed E-state index contributed by atoms with van der Waals surface area (Å²) in [5, 5.41) is 13.6. The second-order valence-electron chi connectivity index (χ2n) is 3.73. The van der Waals surface area contributed by atoms with Crippen LogP contribution in [0.2, 0.25) is 0 Å². The zero-order valence-electron chi connectivity index (χ0n) is 8.76. The summed E-state index contributed by atoms with van der Waals surface area (Å²) in [5.74, 6) is 0. The third kappa shape index (κ3) is 2.18. The van der Waals surface area contributed by atoms with Gasteiger partial charge in [-0.3, -0.25) is 0 Å². The van der Waals surface area contributed by atoms with E-state index in [1.807, 2.05) is 37.3 Å². The van der Waals surface area contributed by atoms with Crippen LogP contribution in [0.1, 0.15) is 25.3 Å². The van der Waals surface area contributed by atoms with Crippen LogP contribution in [0.3, 0.4) is 0 Å². The number of nitrogens with zero attached hydrogens (tertiary/aromatic N) is 1. The number of oxime groups is 1. The molecule has 2 atom stereocenters. The molecule has 0 spiro atoms. The van der Waals surface area contributed by atoms with Crippen LogP contribution in [0, 0.1) is 0 Å². The van der Waals surface area contributed by atoms with Gasteiger partial charge in [-0.05, 0) is 12.0 Å². The van der Waals surface area contributed by atoms with Crippen molar-refractivity contribution >= 4 is 5.71 Å². The topological polar surface area (TPSA) is 41.8 Å². The number of aliphatic hydroxyl groups excluding tert-OH is 1. The molecule has 1 heterocycles. The van der Waals surface area contributed by atoms with E-state index in [9.17, 15) is 5.11 Å². The first-order valence-electron chi connectivity index (χ1n) is 5.27. The molecule has 1 aromatic carbocycles. The first kappa shape index (κ1) is 10.2. The number of aliphatic hydroxyl groups is 1. The van der Waals surface area contributed by atoms with Crippen LogP contribution in [0.5, 0.6) is 0 Å². The smallest absolute Gasteiger partial charge is 0.158 e. The molecule has 0 saturated heterocycles. The fraction of sp³-hybridized carbons (Fsp3) is 0.417. The molecule has 3 heteroatoms. The van der Waals surface area contributed by atoms with E-state index in [0.717, 1.165) is 11.3 Å². The van der Waals surface area contributed by atoms with Gasteiger partial charge in [0.2, 0.25) is 0 Å². The van der Waals surface area contributed by atoms with Crippen molar-refractivity contribution in [2.45, 2.75) is 32.0 Å². The molecule has 2 rings (SSSR count). The first-order valence-corrected chi connectivity index (χ1v) is 5.27. The second kappa shape index (κ2) is 4.45. The molecule has 80 valence electrons. The lowest BCUT2D eigenvalue weighted by Gasteiger charge is -2.13. The molecule has 0 amide bonds. The van der Waals surface area contributed by atoms with Crippen molar-refractivity contribution in [1.82, 2.24) is 0 Å². The van der Waals surface area contributed by atoms with E-state index in [1.54, 1.807) is 0 Å². The van der Waals surface area contributed by atoms with Crippen molar-refractivity contribution in [3.63, 3.8) is 0 Å². The summed E-state index contributed by atoms with van der Waals surface area (Å²) in [6, 6.07) is 9.92. The minimum absolute atomic E-state index is 0.176. The molecule has 15 heavy (non-hydrogen) atoms. The lowest BCUT2D eigenvalue weighted by molar-refractivity contribution is -0.0182. The molecule has 0 radical (unpaired) electrons. The zero-order valence-corrected chi connectivity index (χ0v) is 8.76. The molecule has 0 aliphatic carbocycles. The van der Waals surface area contributed by atoms with E-state index in [4.69, 9.17) is 4.84 Å². The van der Waals surface area contributed by atoms with Gasteiger partial charge in [-0.15, -0.1) is 0 Å². The van der Waals surface area contributed by atoms with Gasteiger partial charge >= 0.3 is 0 Å². The third-order valence-corrected chi connectivity index (χ3v) is 2.65. The van der Waals surface area contributed by atoms with Crippen LogP contribution in [0.25, 0.3) is 0 Å². The highest BCUT2D eigenvalue weighted by Crippen LogP contribution is 2.20. The molecular weight excluding hydrogens is 190 g/mol. The highest BCUT2D eigenvalue weighted by molar-refractivity contribution is 6.01. The fourth-order valence-corrected chi connectivity index (χ4v) is 1.67. The maximum absolute atomic E-state index is 9.62. The van der Waals surface area contributed by atoms with Gasteiger partial charge in [0, 0.05) is 6.42 Å². The Morgan fingerprint density at radius 2 is 2.20 bits per heavy atom. The summed E-state index contributed by atoms with van der Waals surface area (Å²) in [7, 11) is 0. The van der Waals surface area contributed by atoms with Crippen molar-refractivity contribution in [3.8, 4) is 0 Å². The van der Waals surface area contributed by atoms with Gasteiger partial charge in [-0.2, -0.15) is 0 Å². The van der Waals surface area contributed by atoms with Gasteiger partial charge in [0.15, 0.2) is 6.10 Å². The molecule has 0 unspecified atom stereocenters. The average molecular weight is 205 g/mol. The van der Waals surface area contributed by atoms with E-state index < -0.39 is 6.10 Å². The van der Waals surface area contributed by atoms with Gasteiger partial charge in [-0.25, -0.2) is 0 Å². The predicted octanol–water partition coefficient (Wildman–Crippen LogP) is 1.95. The molecular formula is C12H15NO2. The molecule has 1 N–H and O–H groups in total. The Kier molecular flexibility index (Phi) is 3.02. The second-order valence-corrected chi connectivity index (χ2v) is 3.73. The fourth-order valence-electron chi connectivity index (χ4n) is 1.67. The van der Waals surface area contributed by atoms with Crippen LogP contribution in [0.15, 0.2) is 35.5 Å². The van der Waals surface area contributed by atoms with E-state index in [-0.39, 0.29) is 6.10 Å². The van der Waals surface area contributed by atoms with Crippen molar-refractivity contribution < 1.29 is 9.94 Å². The quantitative estimate of drug-likeness (QED) is 0.819. The maximum Gasteiger partial charge on any atom is 0.158 e. The number of rotatable bonds is 3. The summed E-state index contributed by atoms with van der Waals surface area (Å²) in [5.41, 5.74) is 2.00. The Labute approximate surface area is 89.4 Å². The van der Waals surface area contributed by atoms with Gasteiger partial charge in [0.25, 0.3) is 0 Å². The highest BCUT2D eigenvalue weighted by atomic mass is 16.6. The third-order valence-electron chi connectivity index (χ3n) is 2.65. The number of benzene rings is 1. The van der Waals surface area contributed by atoms with Crippen LogP contribution in [0.4, 0.5) is 0 Å². The van der Waals surface area contributed by atoms with E-state index in [2.05, 4.69) is 5.16 Å². The van der Waals surface area contributed by atoms with Gasteiger partial charge in [-0.1, -0.05) is 42.4 Å². The molecule has 0 saturated carbocycles. The Hall–Kier alpha value is -1.35. The van der Waals surface area contributed by atoms with Crippen molar-refractivity contribution in [1.29, 1.82) is 0 Å². The number of hydrogen-bond acceptors (Lipinski definition) is 3. The lowest BCUT2D eigenvalue weighted by Crippen LogP contribution is -2.25. The Balaban J connectivity index is 2.04. The summed E-state index contributed by atoms with van der Waals surface area (Å²) in [6.07, 6.45) is 0.793. The summed E-state index contributed by atoms with van der Waals surface area (Å²) in [4.78, 5) is 5.21. The van der Waals surface area contributed by atoms with Crippen molar-refractivity contribution in [3.05, 3.63) is 35.9 Å². The van der Waals surface area contributed by atoms with Gasteiger partial charge < -0.3 is 9.94 Å². The lowest BCUT2D eigenvalue weighted by atomic mass is 10.0. The van der Waals surface area contributed by atoms with Crippen molar-refractivity contribution in [2.75, 3.05) is 0 Å². The molecule has 1 aliphatic heterocycles. The summed E-state index contributed by atoms with van der Waals surface area (Å²) >= 11 is 0. The Morgan fingerprint density at radius 1 is 1.47 bits per heavy atom. The molecule has 0 fully saturated rings. The SMILES string of the molecule is CC[C@@H](O)[C@H]1CC(c2ccccc2)=NO1. The van der Waals surface area contributed by atoms with E-state index in [0.29, 0.717) is 12.8 Å². The Morgan fingerprint density at radius 3 is 2.87 bits per heavy atom. The highest BCUT2D eigenvalue weighted by Gasteiger charge is 2.27. The molecule has 3 nitrogen and oxygen atoms in total. The predicted molar refractivity (Wildman–Crippen MR) is 58.8 cm³/mol. The first-order chi connectivity index (χ1) is 7.31. The molecule has 1 aromatic rings. The maximum atomic E-state index is 9.62. The summed E-state index contributed by atoms with van der Waals surface area (Å²) in [6.45, 7) is 1.94. The van der Waals surface area contributed by atoms with Crippen LogP contribution >= 0.6 is 0 Å². The normalized spacial score (nSPS) is 22.0. The van der Waals surface area contributed by atoms with Crippen molar-refractivity contribution in [2.24, 2.45) is 5.16 Å². The van der Waals surface area contributed by atoms with Crippen LogP contribution in [-0.4, -0.2) is 23.0 Å². The van der Waals surface area contributed by atoms with Crippen LogP contribution in [-0.2, 0) is 4.84 Å². The van der Waals surface area contributed by atoms with Gasteiger partial charge in [0.05, 0.1) is 11.8 Å². The standard InChI is InChI=1S/C12H15NO2/c1-2-11(14)12-8-10(13-15-12)9-6-4-3-5-7-9/h3-7,11-12,14H,2,8H2,1H3/t11-,12-/m1/s1. The Bertz CT molecular complexity index is 348. The number of hydrogen-bond donors (Lipinski definition) is 1. The summed E-state index contributed by atoms with van der Waals surface area (Å²) < 4.78 is 0.